The maximum atomic E-state index is 8.50. The molecule has 0 amide bonds. The molecule has 2 fully saturated rings. The van der Waals surface area contributed by atoms with Crippen molar-refractivity contribution in [3.63, 3.8) is 0 Å². The van der Waals surface area contributed by atoms with Gasteiger partial charge in [0.05, 0.1) is 12.4 Å². The van der Waals surface area contributed by atoms with Crippen molar-refractivity contribution in [2.45, 2.75) is 0 Å². The van der Waals surface area contributed by atoms with Gasteiger partial charge in [-0.25, -0.2) is 20.2 Å². The number of piperazine rings is 2. The fraction of sp³-hybridized carbons (Fsp3) is 0.444. The van der Waals surface area contributed by atoms with E-state index in [1.165, 1.54) is 34.9 Å². The average molecular weight is 797 g/mol. The third kappa shape index (κ3) is 11.4. The molecule has 2 aromatic rings. The van der Waals surface area contributed by atoms with Gasteiger partial charge in [0.15, 0.2) is 8.64 Å². The van der Waals surface area contributed by atoms with Crippen molar-refractivity contribution in [3.05, 3.63) is 24.9 Å². The number of thiol groups is 2. The molecule has 0 aliphatic carbocycles. The summed E-state index contributed by atoms with van der Waals surface area (Å²) >= 11 is 37.2. The third-order valence-corrected chi connectivity index (χ3v) is 6.37. The summed E-state index contributed by atoms with van der Waals surface area (Å²) < 4.78 is 28.5. The van der Waals surface area contributed by atoms with Crippen LogP contribution in [0.2, 0.25) is 0 Å². The third-order valence-electron chi connectivity index (χ3n) is 4.99. The molecule has 0 atom stereocenters. The van der Waals surface area contributed by atoms with Crippen LogP contribution in [-0.4, -0.2) is 99.9 Å². The Labute approximate surface area is 288 Å². The van der Waals surface area contributed by atoms with Crippen LogP contribution in [0, 0.1) is 0 Å². The standard InChI is InChI=1S/2C9H13N5OS4.Mo.2O/c2*16-8(17)13(7-11-3-6-15-7)14(9(18)19)12-4-1-10-2-5-12;;;/h2*3,6,10H,1-2,4-5H2,(H,16,17)(H,18,19);;;/q;;+2;;/p-2. The molecule has 23 heteroatoms. The quantitative estimate of drug-likeness (QED) is 0.115. The Bertz CT molecular complexity index is 1080. The van der Waals surface area contributed by atoms with E-state index in [2.05, 4.69) is 45.9 Å². The number of hydrogen-bond donors (Lipinski definition) is 4. The Kier molecular flexibility index (Phi) is 17.3. The zero-order chi connectivity index (χ0) is 30.4. The summed E-state index contributed by atoms with van der Waals surface area (Å²) in [7, 11) is 0. The number of nitrogens with zero attached hydrogens (tertiary/aromatic N) is 8. The SMILES string of the molecule is S=C(S)N(c1ncco1)N(C(=S)[S-])N1CCNCC1.S=C(S)N(c1ncco1)N(C(=S)[S-])N1CCNCC1.[O]=[Mo+2]=[O]. The Balaban J connectivity index is 0.000000262. The Hall–Kier alpha value is -0.752. The van der Waals surface area contributed by atoms with Crippen LogP contribution in [-0.2, 0) is 50.5 Å². The first kappa shape index (κ1) is 36.4. The van der Waals surface area contributed by atoms with Gasteiger partial charge in [0, 0.05) is 52.4 Å². The number of thiocarbonyl (C=S) groups is 4. The van der Waals surface area contributed by atoms with Crippen LogP contribution < -0.4 is 20.7 Å². The number of hydrogen-bond acceptors (Lipinski definition) is 16. The topological polar surface area (TPSA) is 130 Å². The Morgan fingerprint density at radius 1 is 0.780 bits per heavy atom. The molecule has 0 saturated carbocycles. The second-order valence-electron chi connectivity index (χ2n) is 7.40. The fourth-order valence-electron chi connectivity index (χ4n) is 3.46. The number of oxazole rings is 2. The molecule has 4 heterocycles. The predicted octanol–water partition coefficient (Wildman–Crippen LogP) is 0.889. The Morgan fingerprint density at radius 2 is 1.10 bits per heavy atom. The van der Waals surface area contributed by atoms with E-state index < -0.39 is 18.5 Å². The van der Waals surface area contributed by atoms with E-state index in [0.717, 1.165) is 52.4 Å². The van der Waals surface area contributed by atoms with Gasteiger partial charge in [-0.2, -0.15) is 20.0 Å². The molecule has 2 aromatic heterocycles. The van der Waals surface area contributed by atoms with Crippen molar-refractivity contribution in [1.82, 2.24) is 40.9 Å². The summed E-state index contributed by atoms with van der Waals surface area (Å²) in [6, 6.07) is 0.566. The molecule has 2 saturated heterocycles. The minimum atomic E-state index is -2.03. The van der Waals surface area contributed by atoms with Crippen molar-refractivity contribution in [2.75, 3.05) is 62.4 Å². The van der Waals surface area contributed by atoms with Crippen LogP contribution in [0.15, 0.2) is 33.8 Å². The number of hydrazine groups is 4. The molecule has 0 radical (unpaired) electrons. The van der Waals surface area contributed by atoms with Gasteiger partial charge in [-0.3, -0.25) is 0 Å². The first-order valence-corrected chi connectivity index (χ1v) is 16.3. The monoisotopic (exact) mass is 798 g/mol. The summed E-state index contributed by atoms with van der Waals surface area (Å²) in [5.41, 5.74) is 0. The first-order valence-electron chi connectivity index (χ1n) is 11.3. The minimum absolute atomic E-state index is 0.233. The van der Waals surface area contributed by atoms with Gasteiger partial charge >= 0.3 is 37.3 Å². The summed E-state index contributed by atoms with van der Waals surface area (Å²) in [6.07, 6.45) is 5.96. The molecular weight excluding hydrogens is 773 g/mol. The molecule has 0 unspecified atom stereocenters. The number of nitrogens with one attached hydrogen (secondary N) is 2. The van der Waals surface area contributed by atoms with E-state index in [1.807, 2.05) is 10.0 Å². The van der Waals surface area contributed by atoms with Crippen molar-refractivity contribution in [1.29, 1.82) is 0 Å². The van der Waals surface area contributed by atoms with E-state index in [0.29, 0.717) is 0 Å². The van der Waals surface area contributed by atoms with Gasteiger partial charge in [0.1, 0.15) is 12.5 Å². The van der Waals surface area contributed by atoms with Gasteiger partial charge in [-0.1, -0.05) is 24.4 Å². The molecule has 2 N–H and O–H groups in total. The van der Waals surface area contributed by atoms with Crippen LogP contribution >= 0.6 is 74.1 Å². The van der Waals surface area contributed by atoms with Crippen LogP contribution in [0.3, 0.4) is 0 Å². The predicted molar refractivity (Wildman–Crippen MR) is 175 cm³/mol. The molecule has 2 aliphatic rings. The zero-order valence-electron chi connectivity index (χ0n) is 20.9. The molecule has 0 aromatic carbocycles. The normalized spacial score (nSPS) is 15.1. The van der Waals surface area contributed by atoms with E-state index >= 15 is 0 Å². The summed E-state index contributed by atoms with van der Waals surface area (Å²) in [6.45, 7) is 6.38. The van der Waals surface area contributed by atoms with Gasteiger partial charge < -0.3 is 69.2 Å². The average Bonchev–Trinajstić information content (AvgIpc) is 3.66. The van der Waals surface area contributed by atoms with Gasteiger partial charge in [0.25, 0.3) is 0 Å². The van der Waals surface area contributed by atoms with E-state index in [1.54, 1.807) is 10.2 Å². The molecule has 14 nitrogen and oxygen atoms in total. The molecular formula is C18H24MoN10O4S8. The van der Waals surface area contributed by atoms with E-state index in [4.69, 9.17) is 89.8 Å². The second-order valence-corrected chi connectivity index (χ2v) is 12.0. The summed E-state index contributed by atoms with van der Waals surface area (Å²) in [4.78, 5) is 8.14. The maximum absolute atomic E-state index is 8.50. The van der Waals surface area contributed by atoms with Gasteiger partial charge in [-0.15, -0.1) is 25.3 Å². The Morgan fingerprint density at radius 3 is 1.32 bits per heavy atom. The van der Waals surface area contributed by atoms with Crippen molar-refractivity contribution in [3.8, 4) is 0 Å². The second kappa shape index (κ2) is 19.5. The molecule has 0 bridgehead atoms. The molecule has 2 aliphatic heterocycles. The van der Waals surface area contributed by atoms with Crippen molar-refractivity contribution in [2.24, 2.45) is 0 Å². The number of anilines is 2. The number of aromatic nitrogens is 2. The fourth-order valence-corrected chi connectivity index (χ4v) is 4.90. The van der Waals surface area contributed by atoms with Crippen molar-refractivity contribution < 1.29 is 34.1 Å². The van der Waals surface area contributed by atoms with Gasteiger partial charge in [0.2, 0.25) is 0 Å². The van der Waals surface area contributed by atoms with E-state index in [-0.39, 0.29) is 29.3 Å². The summed E-state index contributed by atoms with van der Waals surface area (Å²) in [5, 5.41) is 16.7. The van der Waals surface area contributed by atoms with Crippen molar-refractivity contribution >= 4 is 129 Å². The molecule has 41 heavy (non-hydrogen) atoms. The van der Waals surface area contributed by atoms with Crippen LogP contribution in [0.4, 0.5) is 12.0 Å². The zero-order valence-corrected chi connectivity index (χ0v) is 29.6. The van der Waals surface area contributed by atoms with Crippen LogP contribution in [0.5, 0.6) is 0 Å². The molecule has 224 valence electrons. The molecule has 4 rings (SSSR count). The van der Waals surface area contributed by atoms with Gasteiger partial charge in [-0.05, 0) is 8.64 Å². The number of rotatable bonds is 4. The van der Waals surface area contributed by atoms with E-state index in [9.17, 15) is 0 Å². The van der Waals surface area contributed by atoms with Crippen LogP contribution in [0.1, 0.15) is 0 Å². The first-order chi connectivity index (χ1) is 19.6. The molecule has 0 spiro atoms. The van der Waals surface area contributed by atoms with Crippen LogP contribution in [0.25, 0.3) is 0 Å². The summed E-state index contributed by atoms with van der Waals surface area (Å²) in [5.74, 6) is 0.